The van der Waals surface area contributed by atoms with Gasteiger partial charge in [0.1, 0.15) is 11.9 Å². The SMILES string of the molecule is CC12Cc3cnn(-c4ccc(F)cc4)c3C=C1CCC[C@@H]2[C@H](O)[C@H](O)c1csc2ccccc12. The molecule has 2 aromatic heterocycles. The number of thiophene rings is 1. The van der Waals surface area contributed by atoms with Gasteiger partial charge in [0.05, 0.1) is 23.7 Å². The van der Waals surface area contributed by atoms with Crippen LogP contribution in [0.4, 0.5) is 4.39 Å². The first-order chi connectivity index (χ1) is 16.5. The molecule has 4 nitrogen and oxygen atoms in total. The number of rotatable bonds is 4. The Bertz CT molecular complexity index is 1390. The van der Waals surface area contributed by atoms with E-state index >= 15 is 0 Å². The molecule has 0 amide bonds. The molecule has 2 aliphatic carbocycles. The van der Waals surface area contributed by atoms with Gasteiger partial charge < -0.3 is 10.2 Å². The van der Waals surface area contributed by atoms with Gasteiger partial charge in [-0.3, -0.25) is 0 Å². The van der Waals surface area contributed by atoms with Gasteiger partial charge >= 0.3 is 0 Å². The number of hydrogen-bond acceptors (Lipinski definition) is 4. The molecule has 0 radical (unpaired) electrons. The fourth-order valence-electron chi connectivity index (χ4n) is 6.05. The van der Waals surface area contributed by atoms with E-state index in [0.717, 1.165) is 58.3 Å². The summed E-state index contributed by atoms with van der Waals surface area (Å²) in [7, 11) is 0. The highest BCUT2D eigenvalue weighted by molar-refractivity contribution is 7.17. The molecule has 1 fully saturated rings. The molecule has 0 spiro atoms. The van der Waals surface area contributed by atoms with Crippen molar-refractivity contribution in [3.8, 4) is 5.69 Å². The summed E-state index contributed by atoms with van der Waals surface area (Å²) in [4.78, 5) is 0. The first-order valence-corrected chi connectivity index (χ1v) is 12.7. The number of halogens is 1. The van der Waals surface area contributed by atoms with Gasteiger partial charge in [-0.15, -0.1) is 11.3 Å². The first-order valence-electron chi connectivity index (χ1n) is 11.8. The molecule has 2 heterocycles. The van der Waals surface area contributed by atoms with Gasteiger partial charge in [-0.2, -0.15) is 5.10 Å². The van der Waals surface area contributed by atoms with Crippen LogP contribution >= 0.6 is 11.3 Å². The molecule has 4 atom stereocenters. The van der Waals surface area contributed by atoms with Gasteiger partial charge in [-0.25, -0.2) is 9.07 Å². The van der Waals surface area contributed by atoms with E-state index in [4.69, 9.17) is 0 Å². The van der Waals surface area contributed by atoms with Crippen LogP contribution in [0.2, 0.25) is 0 Å². The maximum absolute atomic E-state index is 13.4. The second-order valence-electron chi connectivity index (χ2n) is 9.83. The number of aliphatic hydroxyl groups is 2. The molecule has 2 aliphatic rings. The number of hydrogen-bond donors (Lipinski definition) is 2. The average molecular weight is 475 g/mol. The van der Waals surface area contributed by atoms with E-state index in [0.29, 0.717) is 0 Å². The fourth-order valence-corrected chi connectivity index (χ4v) is 7.04. The van der Waals surface area contributed by atoms with Crippen LogP contribution in [-0.4, -0.2) is 26.1 Å². The van der Waals surface area contributed by atoms with Crippen LogP contribution in [-0.2, 0) is 6.42 Å². The number of benzene rings is 2. The second-order valence-corrected chi connectivity index (χ2v) is 10.7. The quantitative estimate of drug-likeness (QED) is 0.378. The van der Waals surface area contributed by atoms with Crippen LogP contribution < -0.4 is 0 Å². The summed E-state index contributed by atoms with van der Waals surface area (Å²) in [5, 5.41) is 30.4. The minimum atomic E-state index is -0.930. The zero-order chi connectivity index (χ0) is 23.4. The summed E-state index contributed by atoms with van der Waals surface area (Å²) in [5.74, 6) is -0.333. The third-order valence-corrected chi connectivity index (χ3v) is 8.89. The molecule has 2 aromatic carbocycles. The minimum Gasteiger partial charge on any atom is -0.390 e. The molecule has 6 rings (SSSR count). The van der Waals surface area contributed by atoms with E-state index in [1.807, 2.05) is 40.5 Å². The van der Waals surface area contributed by atoms with Crippen LogP contribution in [0.1, 0.15) is 49.1 Å². The smallest absolute Gasteiger partial charge is 0.123 e. The largest absolute Gasteiger partial charge is 0.390 e. The third kappa shape index (κ3) is 3.35. The Balaban J connectivity index is 1.34. The Morgan fingerprint density at radius 3 is 2.76 bits per heavy atom. The van der Waals surface area contributed by atoms with E-state index < -0.39 is 12.2 Å². The number of fused-ring (bicyclic) bond motifs is 3. The summed E-state index contributed by atoms with van der Waals surface area (Å²) >= 11 is 1.60. The Morgan fingerprint density at radius 2 is 1.94 bits per heavy atom. The van der Waals surface area contributed by atoms with E-state index in [9.17, 15) is 14.6 Å². The van der Waals surface area contributed by atoms with Crippen LogP contribution in [0.15, 0.2) is 65.7 Å². The molecule has 2 N–H and O–H groups in total. The summed E-state index contributed by atoms with van der Waals surface area (Å²) in [6, 6.07) is 14.4. The number of aliphatic hydroxyl groups excluding tert-OH is 2. The molecule has 174 valence electrons. The van der Waals surface area contributed by atoms with Crippen molar-refractivity contribution >= 4 is 27.5 Å². The second kappa shape index (κ2) is 8.15. The zero-order valence-corrected chi connectivity index (χ0v) is 19.8. The lowest BCUT2D eigenvalue weighted by atomic mass is 9.57. The normalized spacial score (nSPS) is 23.8. The lowest BCUT2D eigenvalue weighted by molar-refractivity contribution is -0.0593. The van der Waals surface area contributed by atoms with E-state index in [1.54, 1.807) is 23.5 Å². The lowest BCUT2D eigenvalue weighted by Crippen LogP contribution is -2.45. The van der Waals surface area contributed by atoms with Gasteiger partial charge in [0.2, 0.25) is 0 Å². The Hall–Kier alpha value is -2.80. The van der Waals surface area contributed by atoms with Gasteiger partial charge in [-0.05, 0) is 89.8 Å². The number of nitrogens with zero attached hydrogens (tertiary/aromatic N) is 2. The zero-order valence-electron chi connectivity index (χ0n) is 19.0. The lowest BCUT2D eigenvalue weighted by Gasteiger charge is -2.48. The van der Waals surface area contributed by atoms with Crippen molar-refractivity contribution in [3.05, 3.63) is 88.3 Å². The van der Waals surface area contributed by atoms with Gasteiger partial charge in [-0.1, -0.05) is 30.7 Å². The molecule has 6 heteroatoms. The van der Waals surface area contributed by atoms with Crippen molar-refractivity contribution in [1.29, 1.82) is 0 Å². The maximum atomic E-state index is 13.4. The van der Waals surface area contributed by atoms with Crippen LogP contribution in [0.5, 0.6) is 0 Å². The molecule has 1 saturated carbocycles. The molecule has 4 aromatic rings. The molecule has 34 heavy (non-hydrogen) atoms. The highest BCUT2D eigenvalue weighted by Gasteiger charge is 2.48. The Kier molecular flexibility index (Phi) is 5.21. The first kappa shape index (κ1) is 21.7. The van der Waals surface area contributed by atoms with Crippen LogP contribution in [0.3, 0.4) is 0 Å². The molecular weight excluding hydrogens is 447 g/mol. The van der Waals surface area contributed by atoms with Crippen molar-refractivity contribution in [2.75, 3.05) is 0 Å². The standard InChI is InChI=1S/C28H27FN2O2S/c1-28-14-17-15-30-31(20-11-9-19(29)10-12-20)24(17)13-18(28)5-4-7-23(28)27(33)26(32)22-16-34-25-8-3-2-6-21(22)25/h2-3,6,8-13,15-16,23,26-27,32-33H,4-5,7,14H2,1H3/t23-,26-,27+,28?/m1/s1. The van der Waals surface area contributed by atoms with E-state index in [2.05, 4.69) is 18.1 Å². The van der Waals surface area contributed by atoms with Crippen molar-refractivity contribution in [3.63, 3.8) is 0 Å². The minimum absolute atomic E-state index is 0.0662. The monoisotopic (exact) mass is 474 g/mol. The van der Waals surface area contributed by atoms with Crippen LogP contribution in [0, 0.1) is 17.2 Å². The highest BCUT2D eigenvalue weighted by Crippen LogP contribution is 2.53. The summed E-state index contributed by atoms with van der Waals surface area (Å²) < 4.78 is 16.4. The highest BCUT2D eigenvalue weighted by atomic mass is 32.1. The summed E-state index contributed by atoms with van der Waals surface area (Å²) in [6.45, 7) is 2.22. The summed E-state index contributed by atoms with van der Waals surface area (Å²) in [6.07, 6.45) is 5.87. The molecule has 0 bridgehead atoms. The van der Waals surface area contributed by atoms with E-state index in [-0.39, 0.29) is 17.2 Å². The van der Waals surface area contributed by atoms with Crippen molar-refractivity contribution < 1.29 is 14.6 Å². The van der Waals surface area contributed by atoms with Gasteiger partial charge in [0.25, 0.3) is 0 Å². The van der Waals surface area contributed by atoms with Gasteiger partial charge in [0, 0.05) is 10.3 Å². The third-order valence-electron chi connectivity index (χ3n) is 7.90. The number of allylic oxidation sites excluding steroid dienone is 1. The fraction of sp³-hybridized carbons (Fsp3) is 0.321. The van der Waals surface area contributed by atoms with Crippen molar-refractivity contribution in [2.45, 2.75) is 44.8 Å². The Morgan fingerprint density at radius 1 is 1.15 bits per heavy atom. The van der Waals surface area contributed by atoms with Crippen molar-refractivity contribution in [2.24, 2.45) is 11.3 Å². The Labute approximate surface area is 202 Å². The molecule has 1 unspecified atom stereocenters. The molecular formula is C28H27FN2O2S. The van der Waals surface area contributed by atoms with E-state index in [1.165, 1.54) is 17.7 Å². The topological polar surface area (TPSA) is 58.3 Å². The molecule has 0 saturated heterocycles. The summed E-state index contributed by atoms with van der Waals surface area (Å²) in [5.41, 5.74) is 4.82. The number of aromatic nitrogens is 2. The predicted molar refractivity (Wildman–Crippen MR) is 133 cm³/mol. The predicted octanol–water partition coefficient (Wildman–Crippen LogP) is 6.07. The average Bonchev–Trinajstić information content (AvgIpc) is 3.45. The van der Waals surface area contributed by atoms with Gasteiger partial charge in [0.15, 0.2) is 0 Å². The van der Waals surface area contributed by atoms with Crippen LogP contribution in [0.25, 0.3) is 21.8 Å². The maximum Gasteiger partial charge on any atom is 0.123 e. The molecule has 0 aliphatic heterocycles. The van der Waals surface area contributed by atoms with Crippen molar-refractivity contribution in [1.82, 2.24) is 9.78 Å².